The predicted molar refractivity (Wildman–Crippen MR) is 112 cm³/mol. The van der Waals surface area contributed by atoms with Crippen LogP contribution in [0, 0.1) is 17.1 Å². The first-order valence-corrected chi connectivity index (χ1v) is 9.08. The molecule has 0 aliphatic rings. The van der Waals surface area contributed by atoms with Crippen molar-refractivity contribution in [2.24, 2.45) is 0 Å². The van der Waals surface area contributed by atoms with E-state index in [1.54, 1.807) is 42.5 Å². The molecule has 0 atom stereocenters. The van der Waals surface area contributed by atoms with Gasteiger partial charge in [-0.1, -0.05) is 54.1 Å². The Bertz CT molecular complexity index is 1090. The normalized spacial score (nSPS) is 10.9. The Kier molecular flexibility index (Phi) is 6.62. The van der Waals surface area contributed by atoms with Crippen LogP contribution in [0.1, 0.15) is 11.1 Å². The maximum atomic E-state index is 13.9. The summed E-state index contributed by atoms with van der Waals surface area (Å²) in [5.41, 5.74) is 1.67. The number of allylic oxidation sites excluding steroid dienone is 1. The van der Waals surface area contributed by atoms with Crippen molar-refractivity contribution in [1.82, 2.24) is 0 Å². The van der Waals surface area contributed by atoms with E-state index in [9.17, 15) is 14.4 Å². The molecule has 0 radical (unpaired) electrons. The van der Waals surface area contributed by atoms with Crippen LogP contribution in [-0.2, 0) is 4.79 Å². The number of anilines is 1. The van der Waals surface area contributed by atoms with Gasteiger partial charge in [-0.25, -0.2) is 4.39 Å². The summed E-state index contributed by atoms with van der Waals surface area (Å²) in [6, 6.07) is 21.9. The zero-order valence-electron chi connectivity index (χ0n) is 15.2. The fourth-order valence-electron chi connectivity index (χ4n) is 2.60. The minimum absolute atomic E-state index is 0.176. The lowest BCUT2D eigenvalue weighted by Gasteiger charge is -2.09. The molecule has 3 aromatic carbocycles. The molecule has 0 aliphatic heterocycles. The van der Waals surface area contributed by atoms with Crippen LogP contribution in [0.25, 0.3) is 11.6 Å². The second kappa shape index (κ2) is 9.54. The zero-order chi connectivity index (χ0) is 20.6. The molecule has 144 valence electrons. The van der Waals surface area contributed by atoms with Crippen LogP contribution in [0.4, 0.5) is 10.1 Å². The molecule has 0 bridgehead atoms. The number of para-hydroxylation sites is 1. The van der Waals surface area contributed by atoms with E-state index in [2.05, 4.69) is 5.32 Å². The highest BCUT2D eigenvalue weighted by Gasteiger charge is 2.09. The van der Waals surface area contributed by atoms with E-state index in [1.165, 1.54) is 18.2 Å². The van der Waals surface area contributed by atoms with Gasteiger partial charge in [0.05, 0.1) is 16.7 Å². The molecule has 0 saturated heterocycles. The van der Waals surface area contributed by atoms with E-state index >= 15 is 0 Å². The van der Waals surface area contributed by atoms with Crippen LogP contribution in [-0.4, -0.2) is 12.5 Å². The van der Waals surface area contributed by atoms with E-state index < -0.39 is 5.82 Å². The van der Waals surface area contributed by atoms with Crippen LogP contribution < -0.4 is 10.1 Å². The number of amides is 1. The number of nitriles is 1. The molecular formula is C23H16ClFN2O2. The SMILES string of the molecule is N#C/C(=C/c1ccc(OCC(=O)Nc2ccccc2)c(Cl)c1)c1ccccc1F. The second-order valence-corrected chi connectivity index (χ2v) is 6.45. The lowest BCUT2D eigenvalue weighted by Crippen LogP contribution is -2.20. The number of nitrogens with zero attached hydrogens (tertiary/aromatic N) is 1. The van der Waals surface area contributed by atoms with Crippen LogP contribution >= 0.6 is 11.6 Å². The molecule has 29 heavy (non-hydrogen) atoms. The molecule has 0 aromatic heterocycles. The first-order chi connectivity index (χ1) is 14.1. The number of benzene rings is 3. The van der Waals surface area contributed by atoms with Crippen LogP contribution in [0.15, 0.2) is 72.8 Å². The average Bonchev–Trinajstić information content (AvgIpc) is 2.73. The topological polar surface area (TPSA) is 62.1 Å². The summed E-state index contributed by atoms with van der Waals surface area (Å²) in [7, 11) is 0. The quantitative estimate of drug-likeness (QED) is 0.430. The van der Waals surface area contributed by atoms with E-state index in [-0.39, 0.29) is 28.7 Å². The Balaban J connectivity index is 1.69. The van der Waals surface area contributed by atoms with Crippen LogP contribution in [0.5, 0.6) is 5.75 Å². The van der Waals surface area contributed by atoms with E-state index in [0.29, 0.717) is 17.0 Å². The van der Waals surface area contributed by atoms with Gasteiger partial charge in [-0.3, -0.25) is 4.79 Å². The Labute approximate surface area is 172 Å². The lowest BCUT2D eigenvalue weighted by molar-refractivity contribution is -0.118. The van der Waals surface area contributed by atoms with Crippen LogP contribution in [0.3, 0.4) is 0 Å². The highest BCUT2D eigenvalue weighted by atomic mass is 35.5. The number of hydrogen-bond acceptors (Lipinski definition) is 3. The maximum absolute atomic E-state index is 13.9. The molecule has 6 heteroatoms. The summed E-state index contributed by atoms with van der Waals surface area (Å²) in [5, 5.41) is 12.4. The van der Waals surface area contributed by atoms with Gasteiger partial charge in [-0.15, -0.1) is 0 Å². The van der Waals surface area contributed by atoms with Gasteiger partial charge in [-0.05, 0) is 42.0 Å². The fraction of sp³-hybridized carbons (Fsp3) is 0.0435. The number of rotatable bonds is 6. The van der Waals surface area contributed by atoms with Gasteiger partial charge in [0.15, 0.2) is 6.61 Å². The monoisotopic (exact) mass is 406 g/mol. The summed E-state index contributed by atoms with van der Waals surface area (Å²) in [4.78, 5) is 12.0. The summed E-state index contributed by atoms with van der Waals surface area (Å²) in [6.07, 6.45) is 1.54. The molecule has 0 unspecified atom stereocenters. The largest absolute Gasteiger partial charge is 0.482 e. The Hall–Kier alpha value is -3.62. The van der Waals surface area contributed by atoms with Gasteiger partial charge < -0.3 is 10.1 Å². The number of nitrogens with one attached hydrogen (secondary N) is 1. The van der Waals surface area contributed by atoms with Crippen molar-refractivity contribution in [3.8, 4) is 11.8 Å². The fourth-order valence-corrected chi connectivity index (χ4v) is 2.85. The number of halogens is 2. The van der Waals surface area contributed by atoms with E-state index in [0.717, 1.165) is 0 Å². The number of carbonyl (C=O) groups is 1. The number of hydrogen-bond donors (Lipinski definition) is 1. The van der Waals surface area contributed by atoms with Crippen molar-refractivity contribution in [3.63, 3.8) is 0 Å². The van der Waals surface area contributed by atoms with Crippen molar-refractivity contribution < 1.29 is 13.9 Å². The van der Waals surface area contributed by atoms with Crippen molar-refractivity contribution in [3.05, 3.63) is 94.8 Å². The van der Waals surface area contributed by atoms with Gasteiger partial charge in [0.2, 0.25) is 0 Å². The molecule has 3 aromatic rings. The molecule has 0 saturated carbocycles. The third kappa shape index (κ3) is 5.44. The van der Waals surface area contributed by atoms with E-state index in [1.807, 2.05) is 24.3 Å². The van der Waals surface area contributed by atoms with Gasteiger partial charge in [0, 0.05) is 11.3 Å². The van der Waals surface area contributed by atoms with E-state index in [4.69, 9.17) is 16.3 Å². The standard InChI is InChI=1S/C23H16ClFN2O2/c24-20-13-16(12-17(14-26)19-8-4-5-9-21(19)25)10-11-22(20)29-15-23(28)27-18-6-2-1-3-7-18/h1-13H,15H2,(H,27,28)/b17-12-. The third-order valence-corrected chi connectivity index (χ3v) is 4.26. The summed E-state index contributed by atoms with van der Waals surface area (Å²) >= 11 is 6.23. The first kappa shape index (κ1) is 20.1. The van der Waals surface area contributed by atoms with Crippen molar-refractivity contribution >= 4 is 34.8 Å². The highest BCUT2D eigenvalue weighted by Crippen LogP contribution is 2.28. The zero-order valence-corrected chi connectivity index (χ0v) is 16.0. The number of carbonyl (C=O) groups excluding carboxylic acids is 1. The maximum Gasteiger partial charge on any atom is 0.262 e. The molecule has 1 amide bonds. The Morgan fingerprint density at radius 3 is 2.52 bits per heavy atom. The minimum Gasteiger partial charge on any atom is -0.482 e. The molecule has 0 fully saturated rings. The third-order valence-electron chi connectivity index (χ3n) is 3.97. The van der Waals surface area contributed by atoms with Crippen molar-refractivity contribution in [2.45, 2.75) is 0 Å². The second-order valence-electron chi connectivity index (χ2n) is 6.04. The summed E-state index contributed by atoms with van der Waals surface area (Å²) in [5.74, 6) is -0.463. The van der Waals surface area contributed by atoms with Gasteiger partial charge in [0.1, 0.15) is 11.6 Å². The molecule has 1 N–H and O–H groups in total. The van der Waals surface area contributed by atoms with Gasteiger partial charge in [-0.2, -0.15) is 5.26 Å². The average molecular weight is 407 g/mol. The smallest absolute Gasteiger partial charge is 0.262 e. The molecule has 3 rings (SSSR count). The lowest BCUT2D eigenvalue weighted by atomic mass is 10.0. The summed E-state index contributed by atoms with van der Waals surface area (Å²) < 4.78 is 19.4. The molecule has 0 heterocycles. The minimum atomic E-state index is -0.476. The first-order valence-electron chi connectivity index (χ1n) is 8.71. The van der Waals surface area contributed by atoms with Crippen LogP contribution in [0.2, 0.25) is 5.02 Å². The number of ether oxygens (including phenoxy) is 1. The molecule has 0 spiro atoms. The van der Waals surface area contributed by atoms with Crippen molar-refractivity contribution in [2.75, 3.05) is 11.9 Å². The molecular weight excluding hydrogens is 391 g/mol. The molecule has 4 nitrogen and oxygen atoms in total. The van der Waals surface area contributed by atoms with Gasteiger partial charge in [0.25, 0.3) is 5.91 Å². The summed E-state index contributed by atoms with van der Waals surface area (Å²) in [6.45, 7) is -0.206. The van der Waals surface area contributed by atoms with Gasteiger partial charge >= 0.3 is 0 Å². The highest BCUT2D eigenvalue weighted by molar-refractivity contribution is 6.32. The Morgan fingerprint density at radius 1 is 1.10 bits per heavy atom. The van der Waals surface area contributed by atoms with Crippen molar-refractivity contribution in [1.29, 1.82) is 5.26 Å². The predicted octanol–water partition coefficient (Wildman–Crippen LogP) is 5.56. The Morgan fingerprint density at radius 2 is 1.83 bits per heavy atom. The molecule has 0 aliphatic carbocycles.